The molecule has 1 fully saturated rings. The highest BCUT2D eigenvalue weighted by atomic mass is 19.1. The number of aryl methyl sites for hydroxylation is 2. The summed E-state index contributed by atoms with van der Waals surface area (Å²) in [5.74, 6) is 0.423. The second kappa shape index (κ2) is 8.48. The molecule has 176 valence electrons. The molecule has 0 unspecified atom stereocenters. The highest BCUT2D eigenvalue weighted by molar-refractivity contribution is 5.75. The lowest BCUT2D eigenvalue weighted by atomic mass is 10.1. The molecule has 3 heterocycles. The number of hydrogen-bond acceptors (Lipinski definition) is 5. The number of hydrogen-bond donors (Lipinski definition) is 0. The average Bonchev–Trinajstić information content (AvgIpc) is 3.22. The Morgan fingerprint density at radius 3 is 2.12 bits per heavy atom. The van der Waals surface area contributed by atoms with Crippen LogP contribution in [0.2, 0.25) is 0 Å². The predicted molar refractivity (Wildman–Crippen MR) is 131 cm³/mol. The Kier molecular flexibility index (Phi) is 5.47. The van der Waals surface area contributed by atoms with Crippen molar-refractivity contribution in [2.24, 2.45) is 14.1 Å². The number of nitrogens with zero attached hydrogens (tertiary/aromatic N) is 6. The van der Waals surface area contributed by atoms with E-state index in [2.05, 4.69) is 9.80 Å². The second-order valence-electron chi connectivity index (χ2n) is 8.81. The fourth-order valence-electron chi connectivity index (χ4n) is 4.52. The largest absolute Gasteiger partial charge is 0.368 e. The van der Waals surface area contributed by atoms with Gasteiger partial charge in [0.1, 0.15) is 5.82 Å². The summed E-state index contributed by atoms with van der Waals surface area (Å²) in [6, 6.07) is 14.7. The SMILES string of the molecule is Cc1ccc(Cn2c(N3CCN(c4ccc(F)cc4)CC3)nc3c2c(=O)n(C)c(=O)n3C)cc1. The quantitative estimate of drug-likeness (QED) is 0.466. The van der Waals surface area contributed by atoms with Crippen LogP contribution in [0.5, 0.6) is 0 Å². The minimum Gasteiger partial charge on any atom is -0.368 e. The summed E-state index contributed by atoms with van der Waals surface area (Å²) < 4.78 is 17.8. The maximum absolute atomic E-state index is 13.3. The van der Waals surface area contributed by atoms with E-state index in [1.807, 2.05) is 35.8 Å². The van der Waals surface area contributed by atoms with Gasteiger partial charge < -0.3 is 9.80 Å². The first-order valence-electron chi connectivity index (χ1n) is 11.3. The Morgan fingerprint density at radius 1 is 0.853 bits per heavy atom. The summed E-state index contributed by atoms with van der Waals surface area (Å²) in [5.41, 5.74) is 3.24. The highest BCUT2D eigenvalue weighted by Gasteiger charge is 2.26. The van der Waals surface area contributed by atoms with Crippen LogP contribution < -0.4 is 21.0 Å². The van der Waals surface area contributed by atoms with Crippen molar-refractivity contribution in [2.45, 2.75) is 13.5 Å². The van der Waals surface area contributed by atoms with E-state index >= 15 is 0 Å². The molecule has 0 saturated carbocycles. The van der Waals surface area contributed by atoms with Gasteiger partial charge in [-0.15, -0.1) is 0 Å². The Balaban J connectivity index is 1.55. The first-order chi connectivity index (χ1) is 16.3. The molecule has 0 atom stereocenters. The van der Waals surface area contributed by atoms with Crippen LogP contribution in [-0.4, -0.2) is 44.9 Å². The van der Waals surface area contributed by atoms with Gasteiger partial charge in [-0.25, -0.2) is 9.18 Å². The first kappa shape index (κ1) is 21.9. The van der Waals surface area contributed by atoms with Crippen molar-refractivity contribution in [3.05, 3.63) is 86.3 Å². The van der Waals surface area contributed by atoms with Gasteiger partial charge in [0.05, 0.1) is 6.54 Å². The van der Waals surface area contributed by atoms with E-state index in [1.165, 1.54) is 23.7 Å². The van der Waals surface area contributed by atoms with Crippen molar-refractivity contribution < 1.29 is 4.39 Å². The van der Waals surface area contributed by atoms with Gasteiger partial charge in [0.15, 0.2) is 11.2 Å². The lowest BCUT2D eigenvalue weighted by molar-refractivity contribution is 0.618. The van der Waals surface area contributed by atoms with Crippen LogP contribution in [0, 0.1) is 12.7 Å². The van der Waals surface area contributed by atoms with E-state index in [0.29, 0.717) is 36.7 Å². The van der Waals surface area contributed by atoms with Crippen LogP contribution in [0.25, 0.3) is 11.2 Å². The summed E-state index contributed by atoms with van der Waals surface area (Å²) >= 11 is 0. The van der Waals surface area contributed by atoms with E-state index in [-0.39, 0.29) is 11.4 Å². The molecule has 0 radical (unpaired) electrons. The summed E-state index contributed by atoms with van der Waals surface area (Å²) in [6.45, 7) is 5.34. The van der Waals surface area contributed by atoms with Crippen molar-refractivity contribution >= 4 is 22.8 Å². The molecule has 0 N–H and O–H groups in total. The van der Waals surface area contributed by atoms with E-state index in [9.17, 15) is 14.0 Å². The number of halogens is 1. The smallest absolute Gasteiger partial charge is 0.332 e. The van der Waals surface area contributed by atoms with Crippen LogP contribution in [0.3, 0.4) is 0 Å². The first-order valence-corrected chi connectivity index (χ1v) is 11.3. The van der Waals surface area contributed by atoms with Crippen LogP contribution in [0.15, 0.2) is 58.1 Å². The number of piperazine rings is 1. The van der Waals surface area contributed by atoms with Gasteiger partial charge in [-0.05, 0) is 36.8 Å². The molecule has 2 aromatic heterocycles. The van der Waals surface area contributed by atoms with Crippen molar-refractivity contribution in [1.29, 1.82) is 0 Å². The summed E-state index contributed by atoms with van der Waals surface area (Å²) in [6.07, 6.45) is 0. The molecule has 9 heteroatoms. The molecule has 1 aliphatic rings. The third-order valence-corrected chi connectivity index (χ3v) is 6.54. The predicted octanol–water partition coefficient (Wildman–Crippen LogP) is 2.26. The zero-order chi connectivity index (χ0) is 24.0. The molecule has 0 amide bonds. The van der Waals surface area contributed by atoms with Crippen LogP contribution >= 0.6 is 0 Å². The van der Waals surface area contributed by atoms with Gasteiger partial charge >= 0.3 is 5.69 Å². The molecule has 8 nitrogen and oxygen atoms in total. The Labute approximate surface area is 196 Å². The molecule has 1 aliphatic heterocycles. The Morgan fingerprint density at radius 2 is 1.47 bits per heavy atom. The van der Waals surface area contributed by atoms with Crippen molar-refractivity contribution in [3.63, 3.8) is 0 Å². The third kappa shape index (κ3) is 3.76. The van der Waals surface area contributed by atoms with E-state index in [0.717, 1.165) is 34.5 Å². The minimum atomic E-state index is -0.398. The number of anilines is 2. The van der Waals surface area contributed by atoms with Gasteiger partial charge in [-0.2, -0.15) is 4.98 Å². The van der Waals surface area contributed by atoms with Gasteiger partial charge in [0, 0.05) is 46.0 Å². The molecule has 4 aromatic rings. The van der Waals surface area contributed by atoms with Crippen LogP contribution in [0.1, 0.15) is 11.1 Å². The molecule has 5 rings (SSSR count). The molecular weight excluding hydrogens is 435 g/mol. The topological polar surface area (TPSA) is 68.3 Å². The van der Waals surface area contributed by atoms with Gasteiger partial charge in [-0.3, -0.25) is 18.5 Å². The fraction of sp³-hybridized carbons (Fsp3) is 0.320. The van der Waals surface area contributed by atoms with Crippen LogP contribution in [-0.2, 0) is 20.6 Å². The standard InChI is InChI=1S/C25H27FN6O2/c1-17-4-6-18(7-5-17)16-32-21-22(28(2)25(34)29(3)23(21)33)27-24(32)31-14-12-30(13-15-31)20-10-8-19(26)9-11-20/h4-11H,12-16H2,1-3H3. The zero-order valence-electron chi connectivity index (χ0n) is 19.5. The second-order valence-corrected chi connectivity index (χ2v) is 8.81. The normalized spacial score (nSPS) is 14.2. The number of imidazole rings is 1. The number of aromatic nitrogens is 4. The van der Waals surface area contributed by atoms with Gasteiger partial charge in [0.2, 0.25) is 5.95 Å². The zero-order valence-corrected chi connectivity index (χ0v) is 19.5. The number of fused-ring (bicyclic) bond motifs is 1. The maximum Gasteiger partial charge on any atom is 0.332 e. The fourth-order valence-corrected chi connectivity index (χ4v) is 4.52. The Hall–Kier alpha value is -3.88. The number of benzene rings is 2. The molecule has 0 bridgehead atoms. The van der Waals surface area contributed by atoms with Crippen molar-refractivity contribution in [3.8, 4) is 0 Å². The molecule has 34 heavy (non-hydrogen) atoms. The van der Waals surface area contributed by atoms with E-state index in [1.54, 1.807) is 19.2 Å². The molecule has 0 aliphatic carbocycles. The highest BCUT2D eigenvalue weighted by Crippen LogP contribution is 2.24. The average molecular weight is 463 g/mol. The monoisotopic (exact) mass is 462 g/mol. The molecular formula is C25H27FN6O2. The van der Waals surface area contributed by atoms with E-state index < -0.39 is 5.69 Å². The molecule has 2 aromatic carbocycles. The van der Waals surface area contributed by atoms with Crippen molar-refractivity contribution in [2.75, 3.05) is 36.0 Å². The van der Waals surface area contributed by atoms with Gasteiger partial charge in [0.25, 0.3) is 5.56 Å². The maximum atomic E-state index is 13.3. The summed E-state index contributed by atoms with van der Waals surface area (Å²) in [5, 5.41) is 0. The Bertz CT molecular complexity index is 1460. The molecule has 0 spiro atoms. The summed E-state index contributed by atoms with van der Waals surface area (Å²) in [7, 11) is 3.14. The third-order valence-electron chi connectivity index (χ3n) is 6.54. The summed E-state index contributed by atoms with van der Waals surface area (Å²) in [4.78, 5) is 34.9. The lowest BCUT2D eigenvalue weighted by Gasteiger charge is -2.36. The van der Waals surface area contributed by atoms with E-state index in [4.69, 9.17) is 4.98 Å². The minimum absolute atomic E-state index is 0.251. The van der Waals surface area contributed by atoms with Gasteiger partial charge in [-0.1, -0.05) is 29.8 Å². The van der Waals surface area contributed by atoms with Crippen molar-refractivity contribution in [1.82, 2.24) is 18.7 Å². The van der Waals surface area contributed by atoms with Crippen LogP contribution in [0.4, 0.5) is 16.0 Å². The number of rotatable bonds is 4. The lowest BCUT2D eigenvalue weighted by Crippen LogP contribution is -2.47. The molecule has 1 saturated heterocycles.